The Morgan fingerprint density at radius 1 is 1.80 bits per heavy atom. The zero-order valence-electron chi connectivity index (χ0n) is 5.79. The van der Waals surface area contributed by atoms with Crippen molar-refractivity contribution < 1.29 is 4.79 Å². The van der Waals surface area contributed by atoms with Gasteiger partial charge in [0.15, 0.2) is 0 Å². The minimum Gasteiger partial charge on any atom is -0.345 e. The molecule has 1 unspecified atom stereocenters. The van der Waals surface area contributed by atoms with Crippen LogP contribution >= 0.6 is 0 Å². The first-order valence-electron chi connectivity index (χ1n) is 3.43. The molecule has 0 radical (unpaired) electrons. The number of likely N-dealkylation sites (tertiary alicyclic amines) is 1. The second-order valence-electron chi connectivity index (χ2n) is 2.62. The third-order valence-corrected chi connectivity index (χ3v) is 1.85. The molecule has 1 aliphatic heterocycles. The standard InChI is InChI=1S/C7H10N2O/c8-3-1-7-2-4-9(5-7)6-10/h6-7H,1-2,4-5H2. The van der Waals surface area contributed by atoms with E-state index in [1.54, 1.807) is 4.90 Å². The molecule has 1 atom stereocenters. The van der Waals surface area contributed by atoms with Crippen LogP contribution in [0.1, 0.15) is 12.8 Å². The molecule has 1 aliphatic rings. The molecule has 0 saturated carbocycles. The SMILES string of the molecule is N#CCC1CCN(C=O)C1. The average molecular weight is 138 g/mol. The third-order valence-electron chi connectivity index (χ3n) is 1.85. The van der Waals surface area contributed by atoms with E-state index in [0.29, 0.717) is 12.3 Å². The van der Waals surface area contributed by atoms with E-state index >= 15 is 0 Å². The molecule has 0 aromatic rings. The number of rotatable bonds is 2. The van der Waals surface area contributed by atoms with Crippen LogP contribution in [0.2, 0.25) is 0 Å². The molecule has 0 aromatic heterocycles. The second-order valence-corrected chi connectivity index (χ2v) is 2.62. The summed E-state index contributed by atoms with van der Waals surface area (Å²) in [7, 11) is 0. The number of carbonyl (C=O) groups is 1. The molecule has 1 heterocycles. The fraction of sp³-hybridized carbons (Fsp3) is 0.714. The maximum Gasteiger partial charge on any atom is 0.209 e. The summed E-state index contributed by atoms with van der Waals surface area (Å²) >= 11 is 0. The average Bonchev–Trinajstić information content (AvgIpc) is 2.37. The van der Waals surface area contributed by atoms with Crippen molar-refractivity contribution in [2.45, 2.75) is 12.8 Å². The Balaban J connectivity index is 2.29. The fourth-order valence-electron chi connectivity index (χ4n) is 1.25. The van der Waals surface area contributed by atoms with E-state index in [9.17, 15) is 4.79 Å². The number of carbonyl (C=O) groups excluding carboxylic acids is 1. The normalized spacial score (nSPS) is 24.3. The number of amides is 1. The van der Waals surface area contributed by atoms with Crippen LogP contribution in [-0.2, 0) is 4.79 Å². The second kappa shape index (κ2) is 3.21. The van der Waals surface area contributed by atoms with Crippen molar-refractivity contribution in [3.8, 4) is 6.07 Å². The topological polar surface area (TPSA) is 44.1 Å². The van der Waals surface area contributed by atoms with Gasteiger partial charge in [0.25, 0.3) is 0 Å². The Labute approximate surface area is 60.2 Å². The lowest BCUT2D eigenvalue weighted by atomic mass is 10.1. The lowest BCUT2D eigenvalue weighted by Gasteiger charge is -2.06. The molecule has 1 saturated heterocycles. The number of nitriles is 1. The summed E-state index contributed by atoms with van der Waals surface area (Å²) in [4.78, 5) is 11.9. The smallest absolute Gasteiger partial charge is 0.209 e. The molecule has 54 valence electrons. The maximum atomic E-state index is 10.2. The minimum atomic E-state index is 0.426. The quantitative estimate of drug-likeness (QED) is 0.518. The predicted molar refractivity (Wildman–Crippen MR) is 36.0 cm³/mol. The zero-order valence-corrected chi connectivity index (χ0v) is 5.79. The summed E-state index contributed by atoms with van der Waals surface area (Å²) in [6.07, 6.45) is 2.44. The van der Waals surface area contributed by atoms with Gasteiger partial charge in [0.2, 0.25) is 6.41 Å². The Kier molecular flexibility index (Phi) is 2.27. The van der Waals surface area contributed by atoms with E-state index in [0.717, 1.165) is 25.9 Å². The van der Waals surface area contributed by atoms with Gasteiger partial charge in [0.05, 0.1) is 6.07 Å². The van der Waals surface area contributed by atoms with Gasteiger partial charge in [-0.3, -0.25) is 4.79 Å². The first-order chi connectivity index (χ1) is 4.86. The molecular formula is C7H10N2O. The summed E-state index contributed by atoms with van der Waals surface area (Å²) in [6, 6.07) is 2.11. The predicted octanol–water partition coefficient (Wildman–Crippen LogP) is 0.378. The summed E-state index contributed by atoms with van der Waals surface area (Å²) in [6.45, 7) is 1.60. The van der Waals surface area contributed by atoms with E-state index in [1.165, 1.54) is 0 Å². The van der Waals surface area contributed by atoms with Gasteiger partial charge in [0.1, 0.15) is 0 Å². The molecule has 0 aromatic carbocycles. The minimum absolute atomic E-state index is 0.426. The van der Waals surface area contributed by atoms with Gasteiger partial charge >= 0.3 is 0 Å². The summed E-state index contributed by atoms with van der Waals surface area (Å²) in [5, 5.41) is 8.33. The van der Waals surface area contributed by atoms with Crippen molar-refractivity contribution in [1.82, 2.24) is 4.90 Å². The van der Waals surface area contributed by atoms with Crippen LogP contribution in [-0.4, -0.2) is 24.4 Å². The van der Waals surface area contributed by atoms with Crippen LogP contribution in [0.25, 0.3) is 0 Å². The lowest BCUT2D eigenvalue weighted by molar-refractivity contribution is -0.117. The summed E-state index contributed by atoms with van der Waals surface area (Å²) < 4.78 is 0. The van der Waals surface area contributed by atoms with E-state index in [-0.39, 0.29) is 0 Å². The highest BCUT2D eigenvalue weighted by Gasteiger charge is 2.20. The van der Waals surface area contributed by atoms with Gasteiger partial charge in [-0.25, -0.2) is 0 Å². The number of nitrogens with zero attached hydrogens (tertiary/aromatic N) is 2. The first kappa shape index (κ1) is 7.07. The zero-order chi connectivity index (χ0) is 7.40. The van der Waals surface area contributed by atoms with Crippen LogP contribution in [0.5, 0.6) is 0 Å². The van der Waals surface area contributed by atoms with E-state index in [4.69, 9.17) is 5.26 Å². The van der Waals surface area contributed by atoms with Gasteiger partial charge in [-0.05, 0) is 12.3 Å². The molecule has 0 aliphatic carbocycles. The fourth-order valence-corrected chi connectivity index (χ4v) is 1.25. The van der Waals surface area contributed by atoms with Gasteiger partial charge in [0, 0.05) is 19.5 Å². The van der Waals surface area contributed by atoms with Crippen molar-refractivity contribution in [2.24, 2.45) is 5.92 Å². The summed E-state index contributed by atoms with van der Waals surface area (Å²) in [5.41, 5.74) is 0. The Bertz CT molecular complexity index is 161. The van der Waals surface area contributed by atoms with Gasteiger partial charge in [-0.1, -0.05) is 0 Å². The molecular weight excluding hydrogens is 128 g/mol. The first-order valence-corrected chi connectivity index (χ1v) is 3.43. The Hall–Kier alpha value is -1.04. The molecule has 1 rings (SSSR count). The molecule has 0 bridgehead atoms. The number of hydrogen-bond acceptors (Lipinski definition) is 2. The van der Waals surface area contributed by atoms with Crippen LogP contribution in [0.15, 0.2) is 0 Å². The molecule has 10 heavy (non-hydrogen) atoms. The van der Waals surface area contributed by atoms with Gasteiger partial charge in [-0.2, -0.15) is 5.26 Å². The molecule has 1 fully saturated rings. The van der Waals surface area contributed by atoms with Gasteiger partial charge < -0.3 is 4.90 Å². The highest BCUT2D eigenvalue weighted by atomic mass is 16.1. The van der Waals surface area contributed by atoms with E-state index in [2.05, 4.69) is 6.07 Å². The van der Waals surface area contributed by atoms with Crippen molar-refractivity contribution >= 4 is 6.41 Å². The summed E-state index contributed by atoms with van der Waals surface area (Å²) in [5.74, 6) is 0.426. The molecule has 0 spiro atoms. The van der Waals surface area contributed by atoms with Crippen molar-refractivity contribution in [3.63, 3.8) is 0 Å². The van der Waals surface area contributed by atoms with Crippen molar-refractivity contribution in [1.29, 1.82) is 5.26 Å². The van der Waals surface area contributed by atoms with Gasteiger partial charge in [-0.15, -0.1) is 0 Å². The van der Waals surface area contributed by atoms with E-state index in [1.807, 2.05) is 0 Å². The van der Waals surface area contributed by atoms with Crippen LogP contribution in [0, 0.1) is 17.2 Å². The monoisotopic (exact) mass is 138 g/mol. The van der Waals surface area contributed by atoms with Crippen LogP contribution in [0.4, 0.5) is 0 Å². The van der Waals surface area contributed by atoms with Crippen molar-refractivity contribution in [2.75, 3.05) is 13.1 Å². The Morgan fingerprint density at radius 2 is 2.60 bits per heavy atom. The third kappa shape index (κ3) is 1.47. The molecule has 1 amide bonds. The molecule has 3 heteroatoms. The molecule has 3 nitrogen and oxygen atoms in total. The lowest BCUT2D eigenvalue weighted by Crippen LogP contribution is -2.17. The van der Waals surface area contributed by atoms with Crippen molar-refractivity contribution in [3.05, 3.63) is 0 Å². The van der Waals surface area contributed by atoms with Crippen LogP contribution in [0.3, 0.4) is 0 Å². The van der Waals surface area contributed by atoms with Crippen LogP contribution < -0.4 is 0 Å². The van der Waals surface area contributed by atoms with E-state index < -0.39 is 0 Å². The molecule has 0 N–H and O–H groups in total. The highest BCUT2D eigenvalue weighted by molar-refractivity contribution is 5.47. The Morgan fingerprint density at radius 3 is 3.10 bits per heavy atom. The highest BCUT2D eigenvalue weighted by Crippen LogP contribution is 2.16. The maximum absolute atomic E-state index is 10.2. The number of hydrogen-bond donors (Lipinski definition) is 0. The largest absolute Gasteiger partial charge is 0.345 e.